The lowest BCUT2D eigenvalue weighted by atomic mass is 10.2. The van der Waals surface area contributed by atoms with Crippen molar-refractivity contribution in [2.24, 2.45) is 0 Å². The Morgan fingerprint density at radius 1 is 1.53 bits per heavy atom. The lowest BCUT2D eigenvalue weighted by molar-refractivity contribution is 0.193. The Labute approximate surface area is 116 Å². The number of carbonyl (C=O) groups is 1. The zero-order chi connectivity index (χ0) is 13.1. The Balaban J connectivity index is 1.62. The molecular formula is C14H16N2O2S. The minimum atomic E-state index is 0.0112. The third-order valence-electron chi connectivity index (χ3n) is 3.41. The second-order valence-electron chi connectivity index (χ2n) is 4.66. The van der Waals surface area contributed by atoms with Crippen LogP contribution in [0.15, 0.2) is 40.5 Å². The van der Waals surface area contributed by atoms with E-state index >= 15 is 0 Å². The van der Waals surface area contributed by atoms with Crippen molar-refractivity contribution < 1.29 is 9.21 Å². The van der Waals surface area contributed by atoms with Crippen molar-refractivity contribution in [1.82, 2.24) is 10.2 Å². The van der Waals surface area contributed by atoms with Crippen LogP contribution in [-0.2, 0) is 6.54 Å². The summed E-state index contributed by atoms with van der Waals surface area (Å²) in [6.45, 7) is 1.35. The smallest absolute Gasteiger partial charge is 0.318 e. The summed E-state index contributed by atoms with van der Waals surface area (Å²) in [6, 6.07) is 6.26. The molecule has 0 saturated carbocycles. The fourth-order valence-corrected chi connectivity index (χ4v) is 3.33. The van der Waals surface area contributed by atoms with Crippen LogP contribution in [-0.4, -0.2) is 17.5 Å². The highest BCUT2D eigenvalue weighted by atomic mass is 32.1. The Morgan fingerprint density at radius 2 is 2.47 bits per heavy atom. The summed E-state index contributed by atoms with van der Waals surface area (Å²) in [5.41, 5.74) is 0.986. The summed E-state index contributed by atoms with van der Waals surface area (Å²) in [7, 11) is 0. The van der Waals surface area contributed by atoms with Crippen molar-refractivity contribution in [2.45, 2.75) is 25.4 Å². The zero-order valence-corrected chi connectivity index (χ0v) is 11.4. The lowest BCUT2D eigenvalue weighted by Crippen LogP contribution is -2.38. The minimum absolute atomic E-state index is 0.0112. The molecule has 0 radical (unpaired) electrons. The summed E-state index contributed by atoms with van der Waals surface area (Å²) in [5, 5.41) is 5.02. The Bertz CT molecular complexity index is 522. The number of nitrogens with zero attached hydrogens (tertiary/aromatic N) is 1. The molecule has 0 aromatic carbocycles. The van der Waals surface area contributed by atoms with Crippen LogP contribution in [0.3, 0.4) is 0 Å². The van der Waals surface area contributed by atoms with Crippen molar-refractivity contribution in [1.29, 1.82) is 0 Å². The van der Waals surface area contributed by atoms with E-state index in [1.807, 2.05) is 17.0 Å². The van der Waals surface area contributed by atoms with Gasteiger partial charge in [0.1, 0.15) is 0 Å². The summed E-state index contributed by atoms with van der Waals surface area (Å²) in [5.74, 6) is 0. The van der Waals surface area contributed by atoms with E-state index in [1.165, 1.54) is 4.88 Å². The number of furan rings is 1. The molecule has 0 bridgehead atoms. The van der Waals surface area contributed by atoms with Gasteiger partial charge in [-0.15, -0.1) is 11.3 Å². The maximum atomic E-state index is 12.2. The number of urea groups is 1. The molecule has 1 N–H and O–H groups in total. The number of carbonyl (C=O) groups excluding carboxylic acids is 1. The molecule has 0 aliphatic carbocycles. The fourth-order valence-electron chi connectivity index (χ4n) is 2.46. The average molecular weight is 276 g/mol. The van der Waals surface area contributed by atoms with Gasteiger partial charge in [0.25, 0.3) is 0 Å². The quantitative estimate of drug-likeness (QED) is 0.934. The van der Waals surface area contributed by atoms with Gasteiger partial charge in [0.2, 0.25) is 0 Å². The number of amides is 2. The van der Waals surface area contributed by atoms with Gasteiger partial charge in [-0.25, -0.2) is 4.79 Å². The number of nitrogens with one attached hydrogen (secondary N) is 1. The van der Waals surface area contributed by atoms with E-state index in [0.717, 1.165) is 24.9 Å². The van der Waals surface area contributed by atoms with E-state index in [-0.39, 0.29) is 12.1 Å². The molecule has 4 nitrogen and oxygen atoms in total. The van der Waals surface area contributed by atoms with Crippen LogP contribution >= 0.6 is 11.3 Å². The molecule has 100 valence electrons. The first-order chi connectivity index (χ1) is 9.34. The zero-order valence-electron chi connectivity index (χ0n) is 10.5. The van der Waals surface area contributed by atoms with E-state index < -0.39 is 0 Å². The van der Waals surface area contributed by atoms with Crippen LogP contribution in [0.1, 0.15) is 29.3 Å². The maximum Gasteiger partial charge on any atom is 0.318 e. The van der Waals surface area contributed by atoms with Crippen molar-refractivity contribution in [3.05, 3.63) is 46.5 Å². The van der Waals surface area contributed by atoms with E-state index in [1.54, 1.807) is 23.9 Å². The van der Waals surface area contributed by atoms with Crippen LogP contribution < -0.4 is 5.32 Å². The summed E-state index contributed by atoms with van der Waals surface area (Å²) in [6.07, 6.45) is 5.40. The largest absolute Gasteiger partial charge is 0.472 e. The minimum Gasteiger partial charge on any atom is -0.472 e. The normalized spacial score (nSPS) is 18.7. The molecule has 2 aromatic rings. The Morgan fingerprint density at radius 3 is 3.21 bits per heavy atom. The molecule has 1 aliphatic heterocycles. The van der Waals surface area contributed by atoms with Crippen molar-refractivity contribution in [2.75, 3.05) is 6.54 Å². The molecular weight excluding hydrogens is 260 g/mol. The van der Waals surface area contributed by atoms with E-state index in [9.17, 15) is 4.79 Å². The van der Waals surface area contributed by atoms with Gasteiger partial charge in [-0.1, -0.05) is 6.07 Å². The first-order valence-electron chi connectivity index (χ1n) is 6.43. The van der Waals surface area contributed by atoms with E-state index in [4.69, 9.17) is 4.42 Å². The monoisotopic (exact) mass is 276 g/mol. The second kappa shape index (κ2) is 5.48. The highest BCUT2D eigenvalue weighted by molar-refractivity contribution is 7.10. The summed E-state index contributed by atoms with van der Waals surface area (Å²) < 4.78 is 4.99. The van der Waals surface area contributed by atoms with Crippen molar-refractivity contribution in [3.63, 3.8) is 0 Å². The van der Waals surface area contributed by atoms with Crippen molar-refractivity contribution in [3.8, 4) is 0 Å². The lowest BCUT2D eigenvalue weighted by Gasteiger charge is -2.24. The van der Waals surface area contributed by atoms with E-state index in [2.05, 4.69) is 16.8 Å². The molecule has 3 heterocycles. The number of likely N-dealkylation sites (tertiary alicyclic amines) is 1. The molecule has 2 amide bonds. The van der Waals surface area contributed by atoms with Crippen LogP contribution in [0.5, 0.6) is 0 Å². The molecule has 1 saturated heterocycles. The van der Waals surface area contributed by atoms with Crippen LogP contribution in [0.4, 0.5) is 4.79 Å². The molecule has 1 aliphatic rings. The number of hydrogen-bond acceptors (Lipinski definition) is 3. The fraction of sp³-hybridized carbons (Fsp3) is 0.357. The number of rotatable bonds is 3. The predicted molar refractivity (Wildman–Crippen MR) is 73.9 cm³/mol. The molecule has 1 atom stereocenters. The highest BCUT2D eigenvalue weighted by Crippen LogP contribution is 2.34. The molecule has 3 rings (SSSR count). The maximum absolute atomic E-state index is 12.2. The van der Waals surface area contributed by atoms with Crippen LogP contribution in [0.2, 0.25) is 0 Å². The molecule has 1 fully saturated rings. The molecule has 0 unspecified atom stereocenters. The van der Waals surface area contributed by atoms with Gasteiger partial charge in [-0.3, -0.25) is 0 Å². The van der Waals surface area contributed by atoms with Gasteiger partial charge < -0.3 is 14.6 Å². The SMILES string of the molecule is O=C(NCc1ccoc1)N1CCC[C@H]1c1cccs1. The first-order valence-corrected chi connectivity index (χ1v) is 7.31. The first kappa shape index (κ1) is 12.3. The molecule has 19 heavy (non-hydrogen) atoms. The standard InChI is InChI=1S/C14H16N2O2S/c17-14(15-9-11-5-7-18-10-11)16-6-1-3-12(16)13-4-2-8-19-13/h2,4-5,7-8,10,12H,1,3,6,9H2,(H,15,17)/t12-/m0/s1. The number of thiophene rings is 1. The topological polar surface area (TPSA) is 45.5 Å². The van der Waals surface area contributed by atoms with Gasteiger partial charge in [-0.05, 0) is 30.4 Å². The van der Waals surface area contributed by atoms with Gasteiger partial charge >= 0.3 is 6.03 Å². The highest BCUT2D eigenvalue weighted by Gasteiger charge is 2.30. The number of hydrogen-bond donors (Lipinski definition) is 1. The second-order valence-corrected chi connectivity index (χ2v) is 5.64. The van der Waals surface area contributed by atoms with Gasteiger partial charge in [0.15, 0.2) is 0 Å². The Hall–Kier alpha value is -1.75. The molecule has 5 heteroatoms. The third-order valence-corrected chi connectivity index (χ3v) is 4.38. The molecule has 2 aromatic heterocycles. The van der Waals surface area contributed by atoms with Gasteiger partial charge in [-0.2, -0.15) is 0 Å². The summed E-state index contributed by atoms with van der Waals surface area (Å²) in [4.78, 5) is 15.4. The average Bonchev–Trinajstić information content (AvgIpc) is 3.14. The van der Waals surface area contributed by atoms with Crippen LogP contribution in [0.25, 0.3) is 0 Å². The van der Waals surface area contributed by atoms with Gasteiger partial charge in [0, 0.05) is 23.5 Å². The molecule has 0 spiro atoms. The predicted octanol–water partition coefficient (Wildman–Crippen LogP) is 3.39. The van der Waals surface area contributed by atoms with Crippen LogP contribution in [0, 0.1) is 0 Å². The third kappa shape index (κ3) is 2.66. The van der Waals surface area contributed by atoms with Gasteiger partial charge in [0.05, 0.1) is 18.6 Å². The van der Waals surface area contributed by atoms with Crippen molar-refractivity contribution >= 4 is 17.4 Å². The summed E-state index contributed by atoms with van der Waals surface area (Å²) >= 11 is 1.72. The Kier molecular flexibility index (Phi) is 3.55. The van der Waals surface area contributed by atoms with E-state index in [0.29, 0.717) is 6.54 Å².